The quantitative estimate of drug-likeness (QED) is 0.744. The molecule has 22 heavy (non-hydrogen) atoms. The van der Waals surface area contributed by atoms with Crippen molar-refractivity contribution < 1.29 is 9.63 Å². The minimum Gasteiger partial charge on any atom is -0.392 e. The monoisotopic (exact) mass is 314 g/mol. The van der Waals surface area contributed by atoms with Crippen molar-refractivity contribution in [3.8, 4) is 11.3 Å². The van der Waals surface area contributed by atoms with Crippen LogP contribution < -0.4 is 5.32 Å². The molecule has 2 aromatic carbocycles. The van der Waals surface area contributed by atoms with Crippen LogP contribution in [0.2, 0.25) is 5.02 Å². The Balaban J connectivity index is 1.71. The third kappa shape index (κ3) is 3.30. The molecule has 0 saturated carbocycles. The van der Waals surface area contributed by atoms with Gasteiger partial charge in [0.2, 0.25) is 0 Å². The molecule has 0 aliphatic heterocycles. The second kappa shape index (κ2) is 6.64. The number of anilines is 1. The van der Waals surface area contributed by atoms with E-state index in [4.69, 9.17) is 21.2 Å². The fraction of sp³-hybridized carbons (Fsp3) is 0.118. The van der Waals surface area contributed by atoms with E-state index in [0.29, 0.717) is 17.3 Å². The van der Waals surface area contributed by atoms with E-state index in [-0.39, 0.29) is 6.61 Å². The molecule has 0 aliphatic carbocycles. The van der Waals surface area contributed by atoms with Gasteiger partial charge >= 0.3 is 0 Å². The summed E-state index contributed by atoms with van der Waals surface area (Å²) in [5, 5.41) is 17.0. The second-order valence-corrected chi connectivity index (χ2v) is 5.28. The minimum absolute atomic E-state index is 0.0215. The Labute approximate surface area is 133 Å². The molecule has 1 heterocycles. The average molecular weight is 315 g/mol. The van der Waals surface area contributed by atoms with E-state index < -0.39 is 0 Å². The van der Waals surface area contributed by atoms with Crippen molar-refractivity contribution in [3.63, 3.8) is 0 Å². The van der Waals surface area contributed by atoms with Crippen LogP contribution in [0.25, 0.3) is 11.3 Å². The summed E-state index contributed by atoms with van der Waals surface area (Å²) >= 11 is 6.13. The molecule has 5 heteroatoms. The summed E-state index contributed by atoms with van der Waals surface area (Å²) in [6, 6.07) is 17.1. The fourth-order valence-electron chi connectivity index (χ4n) is 2.13. The number of rotatable bonds is 5. The van der Waals surface area contributed by atoms with Crippen LogP contribution in [-0.2, 0) is 13.2 Å². The molecule has 3 rings (SSSR count). The molecule has 1 aromatic heterocycles. The van der Waals surface area contributed by atoms with Crippen LogP contribution >= 0.6 is 11.6 Å². The van der Waals surface area contributed by atoms with E-state index in [1.165, 1.54) is 0 Å². The average Bonchev–Trinajstić information content (AvgIpc) is 3.04. The highest BCUT2D eigenvalue weighted by Crippen LogP contribution is 2.24. The maximum atomic E-state index is 9.17. The SMILES string of the molecule is OCc1ccc(Cl)c(NCc2cc(-c3ccccc3)no2)c1. The topological polar surface area (TPSA) is 58.3 Å². The van der Waals surface area contributed by atoms with Gasteiger partial charge in [-0.1, -0.05) is 53.2 Å². The number of hydrogen-bond donors (Lipinski definition) is 2. The van der Waals surface area contributed by atoms with Crippen molar-refractivity contribution in [2.45, 2.75) is 13.2 Å². The maximum absolute atomic E-state index is 9.17. The molecule has 0 atom stereocenters. The Hall–Kier alpha value is -2.30. The molecule has 0 fully saturated rings. The number of hydrogen-bond acceptors (Lipinski definition) is 4. The Morgan fingerprint density at radius 3 is 2.68 bits per heavy atom. The number of benzene rings is 2. The Morgan fingerprint density at radius 1 is 1.09 bits per heavy atom. The molecule has 112 valence electrons. The van der Waals surface area contributed by atoms with Crippen molar-refractivity contribution in [2.24, 2.45) is 0 Å². The maximum Gasteiger partial charge on any atom is 0.156 e. The van der Waals surface area contributed by atoms with Crippen LogP contribution in [0, 0.1) is 0 Å². The van der Waals surface area contributed by atoms with E-state index in [0.717, 1.165) is 22.5 Å². The van der Waals surface area contributed by atoms with Gasteiger partial charge in [-0.2, -0.15) is 0 Å². The lowest BCUT2D eigenvalue weighted by atomic mass is 10.1. The van der Waals surface area contributed by atoms with Crippen molar-refractivity contribution in [2.75, 3.05) is 5.32 Å². The zero-order chi connectivity index (χ0) is 15.4. The van der Waals surface area contributed by atoms with Crippen LogP contribution in [0.15, 0.2) is 59.1 Å². The molecular formula is C17H15ClN2O2. The third-order valence-electron chi connectivity index (χ3n) is 3.29. The summed E-state index contributed by atoms with van der Waals surface area (Å²) < 4.78 is 5.33. The molecule has 3 aromatic rings. The summed E-state index contributed by atoms with van der Waals surface area (Å²) in [7, 11) is 0. The highest BCUT2D eigenvalue weighted by atomic mass is 35.5. The molecule has 0 spiro atoms. The van der Waals surface area contributed by atoms with E-state index in [1.54, 1.807) is 12.1 Å². The van der Waals surface area contributed by atoms with Crippen LogP contribution in [0.4, 0.5) is 5.69 Å². The van der Waals surface area contributed by atoms with E-state index in [2.05, 4.69) is 10.5 Å². The highest BCUT2D eigenvalue weighted by molar-refractivity contribution is 6.33. The molecule has 4 nitrogen and oxygen atoms in total. The van der Waals surface area contributed by atoms with Gasteiger partial charge in [0.25, 0.3) is 0 Å². The number of nitrogens with one attached hydrogen (secondary N) is 1. The third-order valence-corrected chi connectivity index (χ3v) is 3.62. The number of aliphatic hydroxyl groups is 1. The van der Waals surface area contributed by atoms with Gasteiger partial charge < -0.3 is 14.9 Å². The Bertz CT molecular complexity index is 756. The van der Waals surface area contributed by atoms with E-state index in [1.807, 2.05) is 42.5 Å². The van der Waals surface area contributed by atoms with Gasteiger partial charge in [0.05, 0.1) is 23.9 Å². The predicted molar refractivity (Wildman–Crippen MR) is 86.6 cm³/mol. The first kappa shape index (κ1) is 14.6. The largest absolute Gasteiger partial charge is 0.392 e. The molecule has 0 amide bonds. The van der Waals surface area contributed by atoms with Crippen molar-refractivity contribution in [3.05, 3.63) is 70.9 Å². The minimum atomic E-state index is -0.0215. The van der Waals surface area contributed by atoms with Crippen LogP contribution in [0.5, 0.6) is 0 Å². The van der Waals surface area contributed by atoms with Gasteiger partial charge in [0, 0.05) is 11.6 Å². The van der Waals surface area contributed by atoms with Gasteiger partial charge in [-0.15, -0.1) is 0 Å². The van der Waals surface area contributed by atoms with Gasteiger partial charge in [-0.05, 0) is 17.7 Å². The second-order valence-electron chi connectivity index (χ2n) is 4.87. The normalized spacial score (nSPS) is 10.6. The predicted octanol–water partition coefficient (Wildman–Crippen LogP) is 4.10. The first-order chi connectivity index (χ1) is 10.8. The lowest BCUT2D eigenvalue weighted by Gasteiger charge is -2.07. The lowest BCUT2D eigenvalue weighted by molar-refractivity contribution is 0.282. The van der Waals surface area contributed by atoms with Gasteiger partial charge in [0.15, 0.2) is 5.76 Å². The van der Waals surface area contributed by atoms with Gasteiger partial charge in [-0.3, -0.25) is 0 Å². The molecule has 0 bridgehead atoms. The first-order valence-electron chi connectivity index (χ1n) is 6.90. The molecule has 2 N–H and O–H groups in total. The van der Waals surface area contributed by atoms with Crippen LogP contribution in [-0.4, -0.2) is 10.3 Å². The van der Waals surface area contributed by atoms with Crippen molar-refractivity contribution in [1.29, 1.82) is 0 Å². The molecule has 0 radical (unpaired) electrons. The number of aromatic nitrogens is 1. The van der Waals surface area contributed by atoms with Crippen molar-refractivity contribution in [1.82, 2.24) is 5.16 Å². The van der Waals surface area contributed by atoms with Gasteiger partial charge in [-0.25, -0.2) is 0 Å². The molecule has 0 unspecified atom stereocenters. The molecule has 0 saturated heterocycles. The summed E-state index contributed by atoms with van der Waals surface area (Å²) in [5.74, 6) is 0.712. The first-order valence-corrected chi connectivity index (χ1v) is 7.28. The summed E-state index contributed by atoms with van der Waals surface area (Å²) in [5.41, 5.74) is 3.37. The van der Waals surface area contributed by atoms with Crippen LogP contribution in [0.1, 0.15) is 11.3 Å². The Morgan fingerprint density at radius 2 is 1.91 bits per heavy atom. The number of aliphatic hydroxyl groups excluding tert-OH is 1. The summed E-state index contributed by atoms with van der Waals surface area (Å²) in [6.07, 6.45) is 0. The standard InChI is InChI=1S/C17H15ClN2O2/c18-15-7-6-12(11-21)8-17(15)19-10-14-9-16(20-22-14)13-4-2-1-3-5-13/h1-9,19,21H,10-11H2. The van der Waals surface area contributed by atoms with Crippen LogP contribution in [0.3, 0.4) is 0 Å². The van der Waals surface area contributed by atoms with E-state index >= 15 is 0 Å². The fourth-order valence-corrected chi connectivity index (χ4v) is 2.31. The highest BCUT2D eigenvalue weighted by Gasteiger charge is 2.07. The van der Waals surface area contributed by atoms with Crippen molar-refractivity contribution >= 4 is 17.3 Å². The van der Waals surface area contributed by atoms with Gasteiger partial charge in [0.1, 0.15) is 5.69 Å². The number of halogens is 1. The lowest BCUT2D eigenvalue weighted by Crippen LogP contribution is -1.99. The summed E-state index contributed by atoms with van der Waals surface area (Å²) in [6.45, 7) is 0.445. The Kier molecular flexibility index (Phi) is 4.42. The smallest absolute Gasteiger partial charge is 0.156 e. The molecule has 0 aliphatic rings. The number of nitrogens with zero attached hydrogens (tertiary/aromatic N) is 1. The zero-order valence-corrected chi connectivity index (χ0v) is 12.5. The molecular weight excluding hydrogens is 300 g/mol. The summed E-state index contributed by atoms with van der Waals surface area (Å²) in [4.78, 5) is 0. The van der Waals surface area contributed by atoms with E-state index in [9.17, 15) is 0 Å². The zero-order valence-electron chi connectivity index (χ0n) is 11.8.